The second-order valence-electron chi connectivity index (χ2n) is 5.83. The van der Waals surface area contributed by atoms with Gasteiger partial charge in [-0.2, -0.15) is 5.10 Å². The number of rotatable bonds is 5. The lowest BCUT2D eigenvalue weighted by atomic mass is 10.0. The Morgan fingerprint density at radius 3 is 2.64 bits per heavy atom. The first kappa shape index (κ1) is 16.5. The highest BCUT2D eigenvalue weighted by Gasteiger charge is 2.25. The van der Waals surface area contributed by atoms with Crippen LogP contribution in [0.3, 0.4) is 0 Å². The topological polar surface area (TPSA) is 90.9 Å². The van der Waals surface area contributed by atoms with E-state index in [1.165, 1.54) is 0 Å². The van der Waals surface area contributed by atoms with Crippen LogP contribution in [-0.4, -0.2) is 47.5 Å². The van der Waals surface area contributed by atoms with Crippen molar-refractivity contribution < 1.29 is 14.4 Å². The molecule has 1 fully saturated rings. The van der Waals surface area contributed by atoms with Gasteiger partial charge in [0.2, 0.25) is 11.8 Å². The molecule has 1 saturated heterocycles. The van der Waals surface area contributed by atoms with E-state index in [0.29, 0.717) is 38.1 Å². The van der Waals surface area contributed by atoms with Crippen molar-refractivity contribution in [3.05, 3.63) is 0 Å². The zero-order valence-corrected chi connectivity index (χ0v) is 13.1. The molecule has 0 aromatic rings. The average molecular weight is 308 g/mol. The molecule has 0 spiro atoms. The van der Waals surface area contributed by atoms with Crippen molar-refractivity contribution in [1.82, 2.24) is 15.6 Å². The fourth-order valence-electron chi connectivity index (χ4n) is 2.67. The molecule has 2 aliphatic rings. The molecule has 0 bridgehead atoms. The molecule has 2 N–H and O–H groups in total. The van der Waals surface area contributed by atoms with Crippen molar-refractivity contribution >= 4 is 23.4 Å². The van der Waals surface area contributed by atoms with Crippen molar-refractivity contribution in [3.8, 4) is 0 Å². The Labute approximate surface area is 130 Å². The molecule has 7 nitrogen and oxygen atoms in total. The molecule has 0 radical (unpaired) electrons. The van der Waals surface area contributed by atoms with Crippen LogP contribution in [-0.2, 0) is 14.4 Å². The molecule has 0 atom stereocenters. The number of nitrogens with one attached hydrogen (secondary N) is 2. The normalized spacial score (nSPS) is 19.4. The van der Waals surface area contributed by atoms with Gasteiger partial charge in [0.05, 0.1) is 0 Å². The van der Waals surface area contributed by atoms with Gasteiger partial charge in [0.25, 0.3) is 5.91 Å². The van der Waals surface area contributed by atoms with Crippen LogP contribution in [0, 0.1) is 0 Å². The highest BCUT2D eigenvalue weighted by atomic mass is 16.2. The Balaban J connectivity index is 1.74. The summed E-state index contributed by atoms with van der Waals surface area (Å²) in [6.07, 6.45) is 4.79. The lowest BCUT2D eigenvalue weighted by Crippen LogP contribution is -2.48. The Bertz CT molecular complexity index is 467. The molecular weight excluding hydrogens is 284 g/mol. The van der Waals surface area contributed by atoms with Gasteiger partial charge in [-0.1, -0.05) is 13.3 Å². The van der Waals surface area contributed by atoms with Gasteiger partial charge in [-0.25, -0.2) is 5.43 Å². The third-order valence-corrected chi connectivity index (χ3v) is 4.09. The number of carbonyl (C=O) groups is 3. The van der Waals surface area contributed by atoms with E-state index in [9.17, 15) is 14.4 Å². The molecule has 2 heterocycles. The van der Waals surface area contributed by atoms with Crippen LogP contribution >= 0.6 is 0 Å². The molecule has 0 saturated carbocycles. The first-order valence-electron chi connectivity index (χ1n) is 8.04. The van der Waals surface area contributed by atoms with E-state index in [1.54, 1.807) is 0 Å². The summed E-state index contributed by atoms with van der Waals surface area (Å²) in [6.45, 7) is 3.46. The number of carbonyl (C=O) groups excluding carboxylic acids is 3. The standard InChI is InChI=1S/C15H24N4O3/c1-2-3-4-14(21)19-9-7-11(8-10-19)16-15(22)12-5-6-13(20)18-17-12/h11H,2-10H2,1H3,(H,16,22)(H,18,20). The van der Waals surface area contributed by atoms with E-state index in [2.05, 4.69) is 22.8 Å². The zero-order valence-electron chi connectivity index (χ0n) is 13.1. The number of amides is 3. The fourth-order valence-corrected chi connectivity index (χ4v) is 2.67. The third-order valence-electron chi connectivity index (χ3n) is 4.09. The average Bonchev–Trinajstić information content (AvgIpc) is 2.54. The maximum atomic E-state index is 12.1. The van der Waals surface area contributed by atoms with Crippen molar-refractivity contribution in [2.45, 2.75) is 57.9 Å². The van der Waals surface area contributed by atoms with Crippen molar-refractivity contribution in [3.63, 3.8) is 0 Å². The van der Waals surface area contributed by atoms with E-state index in [0.717, 1.165) is 25.7 Å². The Hall–Kier alpha value is -1.92. The van der Waals surface area contributed by atoms with Crippen molar-refractivity contribution in [1.29, 1.82) is 0 Å². The number of likely N-dealkylation sites (tertiary alicyclic amines) is 1. The molecule has 2 aliphatic heterocycles. The SMILES string of the molecule is CCCCC(=O)N1CCC(NC(=O)C2=NNC(=O)CC2)CC1. The molecule has 2 rings (SSSR count). The summed E-state index contributed by atoms with van der Waals surface area (Å²) in [5.74, 6) is -0.155. The minimum Gasteiger partial charge on any atom is -0.348 e. The van der Waals surface area contributed by atoms with Gasteiger partial charge in [-0.05, 0) is 19.3 Å². The minimum atomic E-state index is -0.212. The Kier molecular flexibility index (Phi) is 5.91. The number of hydrogen-bond donors (Lipinski definition) is 2. The van der Waals surface area contributed by atoms with Crippen molar-refractivity contribution in [2.24, 2.45) is 5.10 Å². The summed E-state index contributed by atoms with van der Waals surface area (Å²) in [6, 6.07) is 0.0723. The van der Waals surface area contributed by atoms with Crippen LogP contribution in [0.4, 0.5) is 0 Å². The first-order chi connectivity index (χ1) is 10.6. The van der Waals surface area contributed by atoms with E-state index in [4.69, 9.17) is 0 Å². The molecule has 122 valence electrons. The van der Waals surface area contributed by atoms with Gasteiger partial charge in [0.15, 0.2) is 0 Å². The highest BCUT2D eigenvalue weighted by molar-refractivity contribution is 6.39. The zero-order chi connectivity index (χ0) is 15.9. The molecule has 7 heteroatoms. The predicted octanol–water partition coefficient (Wildman–Crippen LogP) is 0.550. The summed E-state index contributed by atoms with van der Waals surface area (Å²) >= 11 is 0. The Morgan fingerprint density at radius 2 is 2.05 bits per heavy atom. The van der Waals surface area contributed by atoms with Crippen LogP contribution in [0.25, 0.3) is 0 Å². The predicted molar refractivity (Wildman–Crippen MR) is 82.1 cm³/mol. The maximum Gasteiger partial charge on any atom is 0.267 e. The summed E-state index contributed by atoms with van der Waals surface area (Å²) in [5.41, 5.74) is 2.70. The van der Waals surface area contributed by atoms with E-state index in [1.807, 2.05) is 4.90 Å². The van der Waals surface area contributed by atoms with Crippen LogP contribution < -0.4 is 10.7 Å². The quantitative estimate of drug-likeness (QED) is 0.777. The maximum absolute atomic E-state index is 12.1. The van der Waals surface area contributed by atoms with Gasteiger partial charge < -0.3 is 10.2 Å². The first-order valence-corrected chi connectivity index (χ1v) is 8.04. The minimum absolute atomic E-state index is 0.0723. The van der Waals surface area contributed by atoms with Gasteiger partial charge in [0, 0.05) is 38.4 Å². The van der Waals surface area contributed by atoms with Gasteiger partial charge >= 0.3 is 0 Å². The Morgan fingerprint density at radius 1 is 1.32 bits per heavy atom. The van der Waals surface area contributed by atoms with Crippen molar-refractivity contribution in [2.75, 3.05) is 13.1 Å². The van der Waals surface area contributed by atoms with E-state index >= 15 is 0 Å². The van der Waals surface area contributed by atoms with Crippen LogP contribution in [0.15, 0.2) is 5.10 Å². The fraction of sp³-hybridized carbons (Fsp3) is 0.733. The molecule has 0 aromatic heterocycles. The summed E-state index contributed by atoms with van der Waals surface area (Å²) in [7, 11) is 0. The third kappa shape index (κ3) is 4.54. The van der Waals surface area contributed by atoms with Gasteiger partial charge in [-0.15, -0.1) is 0 Å². The molecule has 0 unspecified atom stereocenters. The lowest BCUT2D eigenvalue weighted by molar-refractivity contribution is -0.132. The second-order valence-corrected chi connectivity index (χ2v) is 5.83. The monoisotopic (exact) mass is 308 g/mol. The molecular formula is C15H24N4O3. The van der Waals surface area contributed by atoms with Crippen LogP contribution in [0.2, 0.25) is 0 Å². The summed E-state index contributed by atoms with van der Waals surface area (Å²) < 4.78 is 0. The lowest BCUT2D eigenvalue weighted by Gasteiger charge is -2.32. The number of piperidine rings is 1. The van der Waals surface area contributed by atoms with Crippen LogP contribution in [0.1, 0.15) is 51.9 Å². The van der Waals surface area contributed by atoms with E-state index < -0.39 is 0 Å². The number of hydrazone groups is 1. The number of nitrogens with zero attached hydrogens (tertiary/aromatic N) is 2. The molecule has 0 aromatic carbocycles. The van der Waals surface area contributed by atoms with Gasteiger partial charge in [-0.3, -0.25) is 14.4 Å². The van der Waals surface area contributed by atoms with E-state index in [-0.39, 0.29) is 23.8 Å². The number of hydrogen-bond acceptors (Lipinski definition) is 4. The second kappa shape index (κ2) is 7.91. The molecule has 0 aliphatic carbocycles. The highest BCUT2D eigenvalue weighted by Crippen LogP contribution is 2.13. The summed E-state index contributed by atoms with van der Waals surface area (Å²) in [4.78, 5) is 36.9. The van der Waals surface area contributed by atoms with Gasteiger partial charge in [0.1, 0.15) is 5.71 Å². The number of unbranched alkanes of at least 4 members (excludes halogenated alkanes) is 1. The molecule has 22 heavy (non-hydrogen) atoms. The van der Waals surface area contributed by atoms with Crippen LogP contribution in [0.5, 0.6) is 0 Å². The molecule has 3 amide bonds. The smallest absolute Gasteiger partial charge is 0.267 e. The largest absolute Gasteiger partial charge is 0.348 e. The summed E-state index contributed by atoms with van der Waals surface area (Å²) in [5, 5.41) is 6.74.